The number of piperidine rings is 1. The molecule has 0 aliphatic carbocycles. The number of halogens is 6. The molecular formula is C27H25ClF5N7O2S2. The normalized spacial score (nSPS) is 26.9. The fourth-order valence-corrected chi connectivity index (χ4v) is 9.55. The van der Waals surface area contributed by atoms with Crippen molar-refractivity contribution in [3.05, 3.63) is 74.8 Å². The highest BCUT2D eigenvalue weighted by atomic mass is 35.5. The zero-order valence-corrected chi connectivity index (χ0v) is 25.1. The molecule has 7 rings (SSSR count). The molecule has 0 amide bonds. The van der Waals surface area contributed by atoms with E-state index in [0.717, 1.165) is 12.3 Å². The van der Waals surface area contributed by atoms with E-state index < -0.39 is 65.5 Å². The lowest BCUT2D eigenvalue weighted by atomic mass is 9.92. The minimum atomic E-state index is -4.17. The number of aromatic nitrogens is 3. The van der Waals surface area contributed by atoms with Crippen LogP contribution in [0.4, 0.5) is 22.0 Å². The van der Waals surface area contributed by atoms with E-state index in [0.29, 0.717) is 45.2 Å². The molecule has 44 heavy (non-hydrogen) atoms. The van der Waals surface area contributed by atoms with Crippen LogP contribution in [0.5, 0.6) is 0 Å². The molecule has 4 atom stereocenters. The third-order valence-electron chi connectivity index (χ3n) is 8.44. The minimum absolute atomic E-state index is 0.0599. The molecule has 0 radical (unpaired) electrons. The Labute approximate surface area is 258 Å². The quantitative estimate of drug-likeness (QED) is 0.329. The van der Waals surface area contributed by atoms with E-state index in [4.69, 9.17) is 16.6 Å². The highest BCUT2D eigenvalue weighted by Crippen LogP contribution is 2.48. The van der Waals surface area contributed by atoms with Crippen LogP contribution in [0.1, 0.15) is 61.0 Å². The van der Waals surface area contributed by atoms with Crippen molar-refractivity contribution in [2.24, 2.45) is 4.99 Å². The van der Waals surface area contributed by atoms with Gasteiger partial charge in [-0.3, -0.25) is 4.99 Å². The van der Waals surface area contributed by atoms with Gasteiger partial charge in [0.05, 0.1) is 5.69 Å². The molecule has 1 N–H and O–H groups in total. The first-order valence-electron chi connectivity index (χ1n) is 13.9. The van der Waals surface area contributed by atoms with Gasteiger partial charge in [-0.05, 0) is 31.0 Å². The fourth-order valence-electron chi connectivity index (χ4n) is 6.79. The fraction of sp³-hybridized carbons (Fsp3) is 0.444. The van der Waals surface area contributed by atoms with Crippen molar-refractivity contribution in [3.63, 3.8) is 0 Å². The number of hydrogen-bond acceptors (Lipinski definition) is 7. The molecule has 3 aromatic rings. The Bertz CT molecular complexity index is 1750. The van der Waals surface area contributed by atoms with Crippen molar-refractivity contribution in [1.29, 1.82) is 0 Å². The Hall–Kier alpha value is -2.92. The zero-order chi connectivity index (χ0) is 31.0. The number of hydrogen-bond donors (Lipinski definition) is 1. The van der Waals surface area contributed by atoms with Gasteiger partial charge in [-0.1, -0.05) is 17.7 Å². The third kappa shape index (κ3) is 5.23. The summed E-state index contributed by atoms with van der Waals surface area (Å²) in [5.41, 5.74) is 1.51. The van der Waals surface area contributed by atoms with Gasteiger partial charge in [-0.2, -0.15) is 31.3 Å². The van der Waals surface area contributed by atoms with Crippen LogP contribution in [0.15, 0.2) is 52.7 Å². The predicted molar refractivity (Wildman–Crippen MR) is 153 cm³/mol. The monoisotopic (exact) mass is 673 g/mol. The molecule has 2 aromatic heterocycles. The van der Waals surface area contributed by atoms with Gasteiger partial charge in [0.15, 0.2) is 10.8 Å². The number of nitrogens with zero attached hydrogens (tertiary/aromatic N) is 6. The second-order valence-corrected chi connectivity index (χ2v) is 14.2. The molecule has 3 fully saturated rings. The molecule has 2 bridgehead atoms. The van der Waals surface area contributed by atoms with E-state index >= 15 is 0 Å². The molecule has 3 saturated heterocycles. The first kappa shape index (κ1) is 29.8. The Morgan fingerprint density at radius 2 is 1.89 bits per heavy atom. The molecule has 234 valence electrons. The SMILES string of the molecule is O=S(=O)(NC1CC2=C(c3ccn(C(F)F)n3)[C@H](c3ccc(F)cc3Cl)N=C(c3nccs3)N2C1)N1C2CCC1CC(F)(F)C2. The Morgan fingerprint density at radius 3 is 2.52 bits per heavy atom. The van der Waals surface area contributed by atoms with Gasteiger partial charge in [-0.15, -0.1) is 11.3 Å². The standard InChI is InChI=1S/C27H25ClF5N7O2S2/c28-19-9-14(29)1-4-18(19)23-22(20-5-7-39(36-20)26(30)31)21-10-15(13-38(21)24(35-23)25-34-6-8-43-25)37-44(41,42)40-16-2-3-17(40)12-27(32,33)11-16/h1,4-9,15-17,23,26,37H,2-3,10-13H2/t15?,16?,17?,23-/m0/s1. The lowest BCUT2D eigenvalue weighted by Crippen LogP contribution is -2.55. The molecule has 4 aliphatic rings. The van der Waals surface area contributed by atoms with Crippen molar-refractivity contribution in [2.45, 2.75) is 68.7 Å². The number of amidine groups is 1. The highest BCUT2D eigenvalue weighted by Gasteiger charge is 2.54. The summed E-state index contributed by atoms with van der Waals surface area (Å²) in [7, 11) is -4.17. The Kier molecular flexibility index (Phi) is 7.35. The average molecular weight is 674 g/mol. The zero-order valence-electron chi connectivity index (χ0n) is 22.8. The summed E-state index contributed by atoms with van der Waals surface area (Å²) in [4.78, 5) is 11.1. The molecule has 17 heteroatoms. The van der Waals surface area contributed by atoms with E-state index in [1.54, 1.807) is 16.5 Å². The number of thiazole rings is 1. The third-order valence-corrected chi connectivity index (χ3v) is 11.3. The summed E-state index contributed by atoms with van der Waals surface area (Å²) >= 11 is 7.78. The van der Waals surface area contributed by atoms with Crippen LogP contribution in [-0.2, 0) is 10.2 Å². The van der Waals surface area contributed by atoms with Gasteiger partial charge >= 0.3 is 6.55 Å². The first-order valence-corrected chi connectivity index (χ1v) is 16.6. The molecule has 6 heterocycles. The summed E-state index contributed by atoms with van der Waals surface area (Å²) < 4.78 is 101. The number of aliphatic imine (C=N–C) groups is 1. The van der Waals surface area contributed by atoms with Crippen LogP contribution in [-0.4, -0.2) is 68.8 Å². The molecule has 0 spiro atoms. The Morgan fingerprint density at radius 1 is 1.14 bits per heavy atom. The van der Waals surface area contributed by atoms with E-state index in [-0.39, 0.29) is 23.7 Å². The van der Waals surface area contributed by atoms with Gasteiger partial charge in [0.25, 0.3) is 16.1 Å². The number of nitrogens with one attached hydrogen (secondary N) is 1. The van der Waals surface area contributed by atoms with E-state index in [2.05, 4.69) is 14.8 Å². The largest absolute Gasteiger partial charge is 0.333 e. The van der Waals surface area contributed by atoms with Crippen molar-refractivity contribution in [3.8, 4) is 0 Å². The molecule has 9 nitrogen and oxygen atoms in total. The van der Waals surface area contributed by atoms with Gasteiger partial charge in [0.2, 0.25) is 0 Å². The number of alkyl halides is 4. The van der Waals surface area contributed by atoms with Gasteiger partial charge < -0.3 is 4.90 Å². The summed E-state index contributed by atoms with van der Waals surface area (Å²) in [6.07, 6.45) is 2.49. The molecular weight excluding hydrogens is 649 g/mol. The van der Waals surface area contributed by atoms with Crippen molar-refractivity contribution in [2.75, 3.05) is 6.54 Å². The van der Waals surface area contributed by atoms with Gasteiger partial charge in [-0.25, -0.2) is 22.8 Å². The highest BCUT2D eigenvalue weighted by molar-refractivity contribution is 7.87. The molecule has 3 unspecified atom stereocenters. The molecule has 4 aliphatic heterocycles. The van der Waals surface area contributed by atoms with Crippen LogP contribution in [0, 0.1) is 5.82 Å². The van der Waals surface area contributed by atoms with E-state index in [1.165, 1.54) is 33.8 Å². The summed E-state index contributed by atoms with van der Waals surface area (Å²) in [5.74, 6) is -3.09. The maximum absolute atomic E-state index is 14.2. The topological polar surface area (TPSA) is 95.7 Å². The van der Waals surface area contributed by atoms with Gasteiger partial charge in [0.1, 0.15) is 11.9 Å². The summed E-state index contributed by atoms with van der Waals surface area (Å²) in [5, 5.41) is 6.41. The maximum atomic E-state index is 14.2. The first-order chi connectivity index (χ1) is 20.9. The lowest BCUT2D eigenvalue weighted by molar-refractivity contribution is -0.0634. The van der Waals surface area contributed by atoms with E-state index in [1.807, 2.05) is 0 Å². The van der Waals surface area contributed by atoms with Gasteiger partial charge in [0, 0.05) is 83.6 Å². The smallest absolute Gasteiger partial charge is 0.326 e. The van der Waals surface area contributed by atoms with Crippen LogP contribution in [0.25, 0.3) is 5.57 Å². The molecule has 0 saturated carbocycles. The summed E-state index contributed by atoms with van der Waals surface area (Å²) in [6, 6.07) is 1.98. The van der Waals surface area contributed by atoms with Crippen molar-refractivity contribution in [1.82, 2.24) is 28.7 Å². The lowest BCUT2D eigenvalue weighted by Gasteiger charge is -2.38. The number of benzene rings is 1. The van der Waals surface area contributed by atoms with E-state index in [9.17, 15) is 30.4 Å². The van der Waals surface area contributed by atoms with Crippen LogP contribution in [0.2, 0.25) is 5.02 Å². The second kappa shape index (κ2) is 10.9. The van der Waals surface area contributed by atoms with Crippen molar-refractivity contribution >= 4 is 44.6 Å². The number of fused-ring (bicyclic) bond motifs is 3. The van der Waals surface area contributed by atoms with Crippen LogP contribution < -0.4 is 4.72 Å². The molecule has 1 aromatic carbocycles. The maximum Gasteiger partial charge on any atom is 0.333 e. The number of rotatable bonds is 7. The minimum Gasteiger partial charge on any atom is -0.326 e. The Balaban J connectivity index is 1.31. The summed E-state index contributed by atoms with van der Waals surface area (Å²) in [6.45, 7) is -2.80. The second-order valence-electron chi connectivity index (χ2n) is 11.3. The van der Waals surface area contributed by atoms with Crippen LogP contribution in [0.3, 0.4) is 0 Å². The van der Waals surface area contributed by atoms with Crippen molar-refractivity contribution < 1.29 is 30.4 Å². The average Bonchev–Trinajstić information content (AvgIpc) is 3.74. The predicted octanol–water partition coefficient (Wildman–Crippen LogP) is 5.61. The van der Waals surface area contributed by atoms with Crippen LogP contribution >= 0.6 is 22.9 Å².